The van der Waals surface area contributed by atoms with Crippen molar-refractivity contribution in [2.24, 2.45) is 5.92 Å². The summed E-state index contributed by atoms with van der Waals surface area (Å²) in [4.78, 5) is 7.19. The van der Waals surface area contributed by atoms with Crippen molar-refractivity contribution in [3.8, 4) is 0 Å². The molecule has 1 fully saturated rings. The number of para-hydroxylation sites is 1. The molecule has 3 nitrogen and oxygen atoms in total. The van der Waals surface area contributed by atoms with E-state index in [0.717, 1.165) is 37.6 Å². The van der Waals surface area contributed by atoms with E-state index in [-0.39, 0.29) is 24.8 Å². The third kappa shape index (κ3) is 5.06. The monoisotopic (exact) mass is 369 g/mol. The highest BCUT2D eigenvalue weighted by Crippen LogP contribution is 2.32. The molecule has 1 atom stereocenters. The number of benzene rings is 1. The molecule has 0 saturated carbocycles. The van der Waals surface area contributed by atoms with E-state index in [4.69, 9.17) is 0 Å². The van der Waals surface area contributed by atoms with Crippen molar-refractivity contribution in [1.82, 2.24) is 15.2 Å². The fraction of sp³-hybridized carbons (Fsp3) is 0.526. The second-order valence-corrected chi connectivity index (χ2v) is 6.69. The molecular formula is C19H29Cl2N3. The van der Waals surface area contributed by atoms with E-state index in [9.17, 15) is 0 Å². The van der Waals surface area contributed by atoms with Crippen molar-refractivity contribution < 1.29 is 0 Å². The molecule has 1 saturated heterocycles. The molecule has 2 aromatic rings. The molecule has 134 valence electrons. The predicted molar refractivity (Wildman–Crippen MR) is 107 cm³/mol. The standard InChI is InChI=1S/C19H27N3.2ClH/c1-15(2)7-8-19(22-13-11-20-12-14-22)17-9-10-21-18-6-4-3-5-16(17)18;;/h3-6,9-10,15,19-20H,7-8,11-14H2,1-2H3;2*1H/t19-;;/m0../s1. The van der Waals surface area contributed by atoms with Gasteiger partial charge >= 0.3 is 0 Å². The zero-order chi connectivity index (χ0) is 15.4. The van der Waals surface area contributed by atoms with Gasteiger partial charge in [0.25, 0.3) is 0 Å². The van der Waals surface area contributed by atoms with Gasteiger partial charge in [-0.1, -0.05) is 32.0 Å². The maximum absolute atomic E-state index is 4.53. The molecule has 24 heavy (non-hydrogen) atoms. The maximum atomic E-state index is 4.53. The molecule has 0 radical (unpaired) electrons. The Morgan fingerprint density at radius 2 is 1.75 bits per heavy atom. The smallest absolute Gasteiger partial charge is 0.0705 e. The fourth-order valence-electron chi connectivity index (χ4n) is 3.43. The Labute approximate surface area is 158 Å². The molecule has 5 heteroatoms. The first-order valence-corrected chi connectivity index (χ1v) is 8.54. The number of pyridine rings is 1. The van der Waals surface area contributed by atoms with Crippen LogP contribution in [0, 0.1) is 5.92 Å². The summed E-state index contributed by atoms with van der Waals surface area (Å²) < 4.78 is 0. The average molecular weight is 370 g/mol. The van der Waals surface area contributed by atoms with Crippen molar-refractivity contribution in [2.75, 3.05) is 26.2 Å². The second-order valence-electron chi connectivity index (χ2n) is 6.69. The lowest BCUT2D eigenvalue weighted by atomic mass is 9.93. The van der Waals surface area contributed by atoms with Gasteiger partial charge < -0.3 is 5.32 Å². The summed E-state index contributed by atoms with van der Waals surface area (Å²) in [5.74, 6) is 0.749. The normalized spacial score (nSPS) is 16.5. The molecule has 1 aromatic heterocycles. The van der Waals surface area contributed by atoms with Crippen LogP contribution in [0.5, 0.6) is 0 Å². The van der Waals surface area contributed by atoms with Gasteiger partial charge in [0.05, 0.1) is 5.52 Å². The van der Waals surface area contributed by atoms with Crippen LogP contribution in [0.25, 0.3) is 10.9 Å². The zero-order valence-corrected chi connectivity index (χ0v) is 16.2. The number of nitrogens with one attached hydrogen (secondary N) is 1. The van der Waals surface area contributed by atoms with E-state index in [0.29, 0.717) is 6.04 Å². The molecule has 0 aliphatic carbocycles. The second kappa shape index (κ2) is 10.2. The van der Waals surface area contributed by atoms with E-state index in [1.54, 1.807) is 0 Å². The van der Waals surface area contributed by atoms with Crippen LogP contribution >= 0.6 is 24.8 Å². The van der Waals surface area contributed by atoms with Crippen molar-refractivity contribution in [3.63, 3.8) is 0 Å². The van der Waals surface area contributed by atoms with Gasteiger partial charge in [0, 0.05) is 43.8 Å². The third-order valence-corrected chi connectivity index (χ3v) is 4.65. The minimum Gasteiger partial charge on any atom is -0.314 e. The summed E-state index contributed by atoms with van der Waals surface area (Å²) in [6.07, 6.45) is 4.47. The van der Waals surface area contributed by atoms with Gasteiger partial charge in [-0.25, -0.2) is 0 Å². The predicted octanol–water partition coefficient (Wildman–Crippen LogP) is 4.46. The highest BCUT2D eigenvalue weighted by molar-refractivity contribution is 5.85. The number of fused-ring (bicyclic) bond motifs is 1. The van der Waals surface area contributed by atoms with Crippen LogP contribution in [0.3, 0.4) is 0 Å². The minimum absolute atomic E-state index is 0. The van der Waals surface area contributed by atoms with Crippen LogP contribution < -0.4 is 5.32 Å². The molecular weight excluding hydrogens is 341 g/mol. The summed E-state index contributed by atoms with van der Waals surface area (Å²) in [6, 6.07) is 11.3. The highest BCUT2D eigenvalue weighted by atomic mass is 35.5. The number of rotatable bonds is 5. The summed E-state index contributed by atoms with van der Waals surface area (Å²) >= 11 is 0. The van der Waals surface area contributed by atoms with E-state index < -0.39 is 0 Å². The highest BCUT2D eigenvalue weighted by Gasteiger charge is 2.23. The molecule has 1 N–H and O–H groups in total. The lowest BCUT2D eigenvalue weighted by molar-refractivity contribution is 0.161. The Kier molecular flexibility index (Phi) is 8.99. The molecule has 0 spiro atoms. The Morgan fingerprint density at radius 1 is 1.04 bits per heavy atom. The Hall–Kier alpha value is -0.870. The Balaban J connectivity index is 0.00000144. The first kappa shape index (κ1) is 21.2. The fourth-order valence-corrected chi connectivity index (χ4v) is 3.43. The molecule has 1 aliphatic rings. The first-order chi connectivity index (χ1) is 10.8. The molecule has 1 aliphatic heterocycles. The lowest BCUT2D eigenvalue weighted by Gasteiger charge is -2.36. The Bertz CT molecular complexity index is 607. The number of hydrogen-bond donors (Lipinski definition) is 1. The first-order valence-electron chi connectivity index (χ1n) is 8.54. The van der Waals surface area contributed by atoms with Crippen LogP contribution in [0.1, 0.15) is 38.3 Å². The van der Waals surface area contributed by atoms with E-state index in [1.165, 1.54) is 23.8 Å². The van der Waals surface area contributed by atoms with Gasteiger partial charge in [0.15, 0.2) is 0 Å². The number of nitrogens with zero attached hydrogens (tertiary/aromatic N) is 2. The summed E-state index contributed by atoms with van der Waals surface area (Å²) in [6.45, 7) is 9.11. The zero-order valence-electron chi connectivity index (χ0n) is 14.6. The Morgan fingerprint density at radius 3 is 2.46 bits per heavy atom. The van der Waals surface area contributed by atoms with E-state index in [1.807, 2.05) is 6.20 Å². The van der Waals surface area contributed by atoms with Crippen LogP contribution in [0.2, 0.25) is 0 Å². The van der Waals surface area contributed by atoms with Crippen LogP contribution in [-0.2, 0) is 0 Å². The van der Waals surface area contributed by atoms with E-state index in [2.05, 4.69) is 59.4 Å². The summed E-state index contributed by atoms with van der Waals surface area (Å²) in [5, 5.41) is 4.79. The topological polar surface area (TPSA) is 28.2 Å². The molecule has 0 unspecified atom stereocenters. The van der Waals surface area contributed by atoms with Crippen molar-refractivity contribution >= 4 is 35.7 Å². The maximum Gasteiger partial charge on any atom is 0.0705 e. The molecule has 2 heterocycles. The van der Waals surface area contributed by atoms with Gasteiger partial charge in [0.1, 0.15) is 0 Å². The number of halogens is 2. The molecule has 0 bridgehead atoms. The van der Waals surface area contributed by atoms with Gasteiger partial charge in [-0.2, -0.15) is 0 Å². The van der Waals surface area contributed by atoms with Gasteiger partial charge in [0.2, 0.25) is 0 Å². The van der Waals surface area contributed by atoms with Crippen LogP contribution in [-0.4, -0.2) is 36.1 Å². The lowest BCUT2D eigenvalue weighted by Crippen LogP contribution is -2.45. The molecule has 0 amide bonds. The van der Waals surface area contributed by atoms with Crippen molar-refractivity contribution in [1.29, 1.82) is 0 Å². The number of aromatic nitrogens is 1. The minimum atomic E-state index is 0. The third-order valence-electron chi connectivity index (χ3n) is 4.65. The largest absolute Gasteiger partial charge is 0.314 e. The van der Waals surface area contributed by atoms with Crippen molar-refractivity contribution in [3.05, 3.63) is 42.1 Å². The van der Waals surface area contributed by atoms with Gasteiger partial charge in [-0.15, -0.1) is 24.8 Å². The quantitative estimate of drug-likeness (QED) is 0.842. The SMILES string of the molecule is CC(C)CC[C@@H](c1ccnc2ccccc12)N1CCNCC1.Cl.Cl. The van der Waals surface area contributed by atoms with Gasteiger partial charge in [-0.05, 0) is 36.5 Å². The summed E-state index contributed by atoms with van der Waals surface area (Å²) in [5.41, 5.74) is 2.57. The van der Waals surface area contributed by atoms with Crippen LogP contribution in [0.15, 0.2) is 36.5 Å². The number of piperazine rings is 1. The molecule has 3 rings (SSSR count). The van der Waals surface area contributed by atoms with Crippen molar-refractivity contribution in [2.45, 2.75) is 32.7 Å². The van der Waals surface area contributed by atoms with Gasteiger partial charge in [-0.3, -0.25) is 9.88 Å². The van der Waals surface area contributed by atoms with E-state index >= 15 is 0 Å². The van der Waals surface area contributed by atoms with Crippen LogP contribution in [0.4, 0.5) is 0 Å². The number of hydrogen-bond acceptors (Lipinski definition) is 3. The summed E-state index contributed by atoms with van der Waals surface area (Å²) in [7, 11) is 0. The average Bonchev–Trinajstić information content (AvgIpc) is 2.56. The molecule has 1 aromatic carbocycles.